The Labute approximate surface area is 149 Å². The van der Waals surface area contributed by atoms with Crippen LogP contribution in [0.25, 0.3) is 0 Å². The van der Waals surface area contributed by atoms with E-state index in [1.54, 1.807) is 13.8 Å². The van der Waals surface area contributed by atoms with Crippen LogP contribution in [0, 0.1) is 13.8 Å². The SMILES string of the molecule is CCN(CCNC(=O)c1[nH]c(C)c(C(C)=O)c1C)C(=O)OC(C)(C)C. The molecule has 2 amide bonds. The van der Waals surface area contributed by atoms with Crippen LogP contribution in [0.4, 0.5) is 4.79 Å². The maximum atomic E-state index is 12.3. The van der Waals surface area contributed by atoms with E-state index in [2.05, 4.69) is 10.3 Å². The van der Waals surface area contributed by atoms with Crippen LogP contribution in [0.1, 0.15) is 66.7 Å². The zero-order chi connectivity index (χ0) is 19.4. The lowest BCUT2D eigenvalue weighted by atomic mass is 10.1. The van der Waals surface area contributed by atoms with Crippen LogP contribution in [0.3, 0.4) is 0 Å². The molecule has 0 spiro atoms. The number of amides is 2. The van der Waals surface area contributed by atoms with Gasteiger partial charge in [-0.15, -0.1) is 0 Å². The van der Waals surface area contributed by atoms with Crippen molar-refractivity contribution >= 4 is 17.8 Å². The third-order valence-corrected chi connectivity index (χ3v) is 3.72. The Morgan fingerprint density at radius 2 is 1.80 bits per heavy atom. The van der Waals surface area contributed by atoms with Crippen LogP contribution in [0.15, 0.2) is 0 Å². The van der Waals surface area contributed by atoms with Crippen LogP contribution in [0.2, 0.25) is 0 Å². The minimum atomic E-state index is -0.560. The number of ketones is 1. The molecule has 0 fully saturated rings. The number of nitrogens with one attached hydrogen (secondary N) is 2. The monoisotopic (exact) mass is 351 g/mol. The van der Waals surface area contributed by atoms with Gasteiger partial charge in [0.05, 0.1) is 0 Å². The molecule has 0 saturated carbocycles. The molecule has 140 valence electrons. The Morgan fingerprint density at radius 1 is 1.20 bits per heavy atom. The minimum absolute atomic E-state index is 0.0765. The summed E-state index contributed by atoms with van der Waals surface area (Å²) >= 11 is 0. The van der Waals surface area contributed by atoms with Crippen molar-refractivity contribution in [2.75, 3.05) is 19.6 Å². The molecule has 0 aliphatic carbocycles. The lowest BCUT2D eigenvalue weighted by Gasteiger charge is -2.26. The first-order valence-corrected chi connectivity index (χ1v) is 8.44. The number of carbonyl (C=O) groups is 3. The molecule has 7 heteroatoms. The highest BCUT2D eigenvalue weighted by atomic mass is 16.6. The van der Waals surface area contributed by atoms with Gasteiger partial charge in [0.25, 0.3) is 5.91 Å². The van der Waals surface area contributed by atoms with Gasteiger partial charge in [0.1, 0.15) is 11.3 Å². The maximum absolute atomic E-state index is 12.3. The highest BCUT2D eigenvalue weighted by Crippen LogP contribution is 2.18. The average molecular weight is 351 g/mol. The fraction of sp³-hybridized carbons (Fsp3) is 0.611. The van der Waals surface area contributed by atoms with Gasteiger partial charge in [-0.05, 0) is 54.0 Å². The Balaban J connectivity index is 2.66. The highest BCUT2D eigenvalue weighted by molar-refractivity contribution is 6.02. The zero-order valence-electron chi connectivity index (χ0n) is 16.2. The van der Waals surface area contributed by atoms with Gasteiger partial charge in [-0.1, -0.05) is 0 Å². The summed E-state index contributed by atoms with van der Waals surface area (Å²) in [4.78, 5) is 40.5. The van der Waals surface area contributed by atoms with Crippen molar-refractivity contribution in [1.29, 1.82) is 0 Å². The summed E-state index contributed by atoms with van der Waals surface area (Å²) in [6.45, 7) is 13.4. The molecule has 0 atom stereocenters. The molecule has 1 aromatic heterocycles. The first kappa shape index (κ1) is 20.7. The standard InChI is InChI=1S/C18H29N3O4/c1-8-21(17(24)25-18(5,6)7)10-9-19-16(23)15-11(2)14(13(4)22)12(3)20-15/h20H,8-10H2,1-7H3,(H,19,23). The number of H-pyrrole nitrogens is 1. The number of aromatic nitrogens is 1. The molecule has 0 unspecified atom stereocenters. The maximum Gasteiger partial charge on any atom is 0.410 e. The second kappa shape index (κ2) is 8.18. The molecule has 7 nitrogen and oxygen atoms in total. The number of likely N-dealkylation sites (N-methyl/N-ethyl adjacent to an activating group) is 1. The van der Waals surface area contributed by atoms with Gasteiger partial charge in [0, 0.05) is 30.9 Å². The molecule has 1 aromatic rings. The summed E-state index contributed by atoms with van der Waals surface area (Å²) < 4.78 is 5.33. The zero-order valence-corrected chi connectivity index (χ0v) is 16.2. The van der Waals surface area contributed by atoms with E-state index < -0.39 is 11.7 Å². The average Bonchev–Trinajstić information content (AvgIpc) is 2.76. The van der Waals surface area contributed by atoms with Crippen LogP contribution in [0.5, 0.6) is 0 Å². The number of nitrogens with zero attached hydrogens (tertiary/aromatic N) is 1. The number of aryl methyl sites for hydroxylation is 1. The molecule has 2 N–H and O–H groups in total. The fourth-order valence-electron chi connectivity index (χ4n) is 2.60. The number of hydrogen-bond donors (Lipinski definition) is 2. The molecular formula is C18H29N3O4. The summed E-state index contributed by atoms with van der Waals surface area (Å²) in [6.07, 6.45) is -0.407. The first-order valence-electron chi connectivity index (χ1n) is 8.44. The van der Waals surface area contributed by atoms with Crippen molar-refractivity contribution < 1.29 is 19.1 Å². The smallest absolute Gasteiger partial charge is 0.410 e. The highest BCUT2D eigenvalue weighted by Gasteiger charge is 2.22. The van der Waals surface area contributed by atoms with E-state index in [9.17, 15) is 14.4 Å². The van der Waals surface area contributed by atoms with Crippen LogP contribution in [-0.4, -0.2) is 52.9 Å². The van der Waals surface area contributed by atoms with Crippen molar-refractivity contribution in [3.63, 3.8) is 0 Å². The number of carbonyl (C=O) groups excluding carboxylic acids is 3. The second-order valence-corrected chi connectivity index (χ2v) is 7.00. The molecule has 0 radical (unpaired) electrons. The number of Topliss-reactive ketones (excluding diaryl/α,β-unsaturated/α-hetero) is 1. The molecule has 1 rings (SSSR count). The number of ether oxygens (including phenoxy) is 1. The van der Waals surface area contributed by atoms with E-state index in [-0.39, 0.29) is 11.7 Å². The summed E-state index contributed by atoms with van der Waals surface area (Å²) in [5, 5.41) is 2.77. The van der Waals surface area contributed by atoms with E-state index >= 15 is 0 Å². The molecule has 1 heterocycles. The largest absolute Gasteiger partial charge is 0.444 e. The summed E-state index contributed by atoms with van der Waals surface area (Å²) in [5.74, 6) is -0.374. The summed E-state index contributed by atoms with van der Waals surface area (Å²) in [6, 6.07) is 0. The molecule has 0 aromatic carbocycles. The van der Waals surface area contributed by atoms with Gasteiger partial charge < -0.3 is 19.9 Å². The summed E-state index contributed by atoms with van der Waals surface area (Å²) in [7, 11) is 0. The molecule has 0 bridgehead atoms. The molecule has 25 heavy (non-hydrogen) atoms. The third kappa shape index (κ3) is 5.62. The van der Waals surface area contributed by atoms with Crippen molar-refractivity contribution in [2.45, 2.75) is 54.1 Å². The van der Waals surface area contributed by atoms with E-state index in [0.29, 0.717) is 42.1 Å². The van der Waals surface area contributed by atoms with Crippen LogP contribution >= 0.6 is 0 Å². The van der Waals surface area contributed by atoms with Gasteiger partial charge >= 0.3 is 6.09 Å². The van der Waals surface area contributed by atoms with E-state index in [0.717, 1.165) is 0 Å². The predicted octanol–water partition coefficient (Wildman–Crippen LogP) is 2.82. The predicted molar refractivity (Wildman–Crippen MR) is 96.1 cm³/mol. The van der Waals surface area contributed by atoms with E-state index in [1.165, 1.54) is 11.8 Å². The lowest BCUT2D eigenvalue weighted by Crippen LogP contribution is -2.41. The topological polar surface area (TPSA) is 91.5 Å². The normalized spacial score (nSPS) is 11.2. The lowest BCUT2D eigenvalue weighted by molar-refractivity contribution is 0.0260. The number of rotatable bonds is 6. The third-order valence-electron chi connectivity index (χ3n) is 3.72. The molecule has 0 saturated heterocycles. The first-order chi connectivity index (χ1) is 11.5. The Bertz CT molecular complexity index is 656. The van der Waals surface area contributed by atoms with Crippen molar-refractivity contribution in [1.82, 2.24) is 15.2 Å². The molecule has 0 aliphatic heterocycles. The van der Waals surface area contributed by atoms with Crippen molar-refractivity contribution in [3.8, 4) is 0 Å². The Morgan fingerprint density at radius 3 is 2.24 bits per heavy atom. The van der Waals surface area contributed by atoms with Crippen LogP contribution < -0.4 is 5.32 Å². The van der Waals surface area contributed by atoms with Gasteiger partial charge in [-0.2, -0.15) is 0 Å². The van der Waals surface area contributed by atoms with Crippen LogP contribution in [-0.2, 0) is 4.74 Å². The quantitative estimate of drug-likeness (QED) is 0.771. The second-order valence-electron chi connectivity index (χ2n) is 7.00. The van der Waals surface area contributed by atoms with E-state index in [4.69, 9.17) is 4.74 Å². The summed E-state index contributed by atoms with van der Waals surface area (Å²) in [5.41, 5.74) is 1.69. The van der Waals surface area contributed by atoms with Crippen molar-refractivity contribution in [3.05, 3.63) is 22.5 Å². The van der Waals surface area contributed by atoms with Gasteiger partial charge in [-0.3, -0.25) is 9.59 Å². The molecule has 0 aliphatic rings. The minimum Gasteiger partial charge on any atom is -0.444 e. The van der Waals surface area contributed by atoms with Gasteiger partial charge in [0.15, 0.2) is 5.78 Å². The van der Waals surface area contributed by atoms with Crippen molar-refractivity contribution in [2.24, 2.45) is 0 Å². The fourth-order valence-corrected chi connectivity index (χ4v) is 2.60. The molecular weight excluding hydrogens is 322 g/mol. The van der Waals surface area contributed by atoms with E-state index in [1.807, 2.05) is 27.7 Å². The van der Waals surface area contributed by atoms with Gasteiger partial charge in [0.2, 0.25) is 0 Å². The van der Waals surface area contributed by atoms with Gasteiger partial charge in [-0.25, -0.2) is 4.79 Å². The number of hydrogen-bond acceptors (Lipinski definition) is 4. The number of aromatic amines is 1. The Hall–Kier alpha value is -2.31. The Kier molecular flexibility index (Phi) is 6.78.